The van der Waals surface area contributed by atoms with E-state index in [0.29, 0.717) is 5.92 Å². The summed E-state index contributed by atoms with van der Waals surface area (Å²) in [5, 5.41) is 3.18. The van der Waals surface area contributed by atoms with Crippen molar-refractivity contribution in [3.8, 4) is 5.69 Å². The topological polar surface area (TPSA) is 55.6 Å². The average Bonchev–Trinajstić information content (AvgIpc) is 2.87. The molecule has 0 spiro atoms. The lowest BCUT2D eigenvalue weighted by Gasteiger charge is -2.14. The van der Waals surface area contributed by atoms with E-state index >= 15 is 0 Å². The van der Waals surface area contributed by atoms with Crippen molar-refractivity contribution in [3.05, 3.63) is 35.9 Å². The molecule has 0 bridgehead atoms. The van der Waals surface area contributed by atoms with Gasteiger partial charge in [-0.25, -0.2) is 15.0 Å². The van der Waals surface area contributed by atoms with E-state index in [9.17, 15) is 0 Å². The van der Waals surface area contributed by atoms with E-state index in [1.807, 2.05) is 25.6 Å². The van der Waals surface area contributed by atoms with Gasteiger partial charge in [-0.3, -0.25) is 0 Å². The molecule has 1 N–H and O–H groups in total. The van der Waals surface area contributed by atoms with Gasteiger partial charge in [0, 0.05) is 31.3 Å². The van der Waals surface area contributed by atoms with Crippen LogP contribution in [0.2, 0.25) is 0 Å². The molecule has 0 aliphatic heterocycles. The second-order valence-electron chi connectivity index (χ2n) is 5.21. The Morgan fingerprint density at radius 3 is 2.75 bits per heavy atom. The third-order valence-electron chi connectivity index (χ3n) is 3.18. The lowest BCUT2D eigenvalue weighted by Crippen LogP contribution is -2.15. The fourth-order valence-corrected chi connectivity index (χ4v) is 2.17. The minimum absolute atomic E-state index is 0.331. The zero-order chi connectivity index (χ0) is 14.5. The van der Waals surface area contributed by atoms with Crippen molar-refractivity contribution in [1.29, 1.82) is 0 Å². The number of aromatic nitrogens is 4. The van der Waals surface area contributed by atoms with Crippen LogP contribution in [0, 0.1) is 0 Å². The number of hydrogen-bond acceptors (Lipinski definition) is 4. The lowest BCUT2D eigenvalue weighted by molar-refractivity contribution is 0.710. The highest BCUT2D eigenvalue weighted by molar-refractivity contribution is 5.36. The molecular weight excluding hydrogens is 250 g/mol. The van der Waals surface area contributed by atoms with Crippen LogP contribution in [0.25, 0.3) is 5.69 Å². The second-order valence-corrected chi connectivity index (χ2v) is 5.21. The van der Waals surface area contributed by atoms with E-state index in [2.05, 4.69) is 40.6 Å². The van der Waals surface area contributed by atoms with Gasteiger partial charge in [0.2, 0.25) is 0 Å². The monoisotopic (exact) mass is 273 g/mol. The summed E-state index contributed by atoms with van der Waals surface area (Å²) in [5.74, 6) is 2.28. The summed E-state index contributed by atoms with van der Waals surface area (Å²) >= 11 is 0. The molecule has 20 heavy (non-hydrogen) atoms. The number of rotatable bonds is 6. The van der Waals surface area contributed by atoms with Gasteiger partial charge in [-0.15, -0.1) is 0 Å². The second kappa shape index (κ2) is 6.61. The van der Waals surface area contributed by atoms with Crippen LogP contribution in [0.3, 0.4) is 0 Å². The van der Waals surface area contributed by atoms with Gasteiger partial charge < -0.3 is 9.88 Å². The Morgan fingerprint density at radius 1 is 1.30 bits per heavy atom. The predicted molar refractivity (Wildman–Crippen MR) is 80.0 cm³/mol. The van der Waals surface area contributed by atoms with Crippen molar-refractivity contribution < 1.29 is 0 Å². The smallest absolute Gasteiger partial charge is 0.131 e. The molecule has 0 saturated heterocycles. The minimum Gasteiger partial charge on any atom is -0.314 e. The third-order valence-corrected chi connectivity index (χ3v) is 3.18. The molecule has 0 saturated carbocycles. The molecule has 0 atom stereocenters. The van der Waals surface area contributed by atoms with Crippen molar-refractivity contribution in [2.45, 2.75) is 46.1 Å². The van der Waals surface area contributed by atoms with Crippen LogP contribution >= 0.6 is 0 Å². The first-order chi connectivity index (χ1) is 9.67. The molecule has 2 aromatic heterocycles. The molecule has 0 aromatic carbocycles. The predicted octanol–water partition coefficient (Wildman–Crippen LogP) is 2.46. The van der Waals surface area contributed by atoms with E-state index in [1.165, 1.54) is 0 Å². The Kier molecular flexibility index (Phi) is 4.84. The van der Waals surface area contributed by atoms with Crippen molar-refractivity contribution >= 4 is 0 Å². The van der Waals surface area contributed by atoms with Crippen molar-refractivity contribution in [2.24, 2.45) is 0 Å². The van der Waals surface area contributed by atoms with Gasteiger partial charge in [-0.2, -0.15) is 0 Å². The molecule has 2 heterocycles. The number of aryl methyl sites for hydroxylation is 1. The zero-order valence-corrected chi connectivity index (χ0v) is 12.7. The van der Waals surface area contributed by atoms with Crippen molar-refractivity contribution in [3.63, 3.8) is 0 Å². The largest absolute Gasteiger partial charge is 0.314 e. The summed E-state index contributed by atoms with van der Waals surface area (Å²) in [7, 11) is 1.93. The Morgan fingerprint density at radius 2 is 2.10 bits per heavy atom. The van der Waals surface area contributed by atoms with Crippen LogP contribution in [-0.4, -0.2) is 26.6 Å². The highest BCUT2D eigenvalue weighted by Crippen LogP contribution is 2.18. The van der Waals surface area contributed by atoms with Gasteiger partial charge in [0.1, 0.15) is 11.6 Å². The van der Waals surface area contributed by atoms with Gasteiger partial charge in [0.25, 0.3) is 0 Å². The highest BCUT2D eigenvalue weighted by Gasteiger charge is 2.13. The molecule has 0 unspecified atom stereocenters. The van der Waals surface area contributed by atoms with Gasteiger partial charge in [0.05, 0.1) is 17.6 Å². The average molecular weight is 273 g/mol. The summed E-state index contributed by atoms with van der Waals surface area (Å²) in [6, 6.07) is 0. The maximum Gasteiger partial charge on any atom is 0.131 e. The van der Waals surface area contributed by atoms with Crippen LogP contribution in [0.4, 0.5) is 0 Å². The summed E-state index contributed by atoms with van der Waals surface area (Å²) in [4.78, 5) is 13.6. The molecular formula is C15H23N5. The van der Waals surface area contributed by atoms with Crippen LogP contribution in [0.15, 0.2) is 18.6 Å². The lowest BCUT2D eigenvalue weighted by atomic mass is 10.2. The van der Waals surface area contributed by atoms with E-state index in [0.717, 1.165) is 42.4 Å². The fraction of sp³-hybridized carbons (Fsp3) is 0.533. The summed E-state index contributed by atoms with van der Waals surface area (Å²) in [5.41, 5.74) is 2.03. The van der Waals surface area contributed by atoms with E-state index in [4.69, 9.17) is 4.98 Å². The molecule has 0 amide bonds. The van der Waals surface area contributed by atoms with Crippen LogP contribution < -0.4 is 5.32 Å². The van der Waals surface area contributed by atoms with Gasteiger partial charge in [-0.05, 0) is 13.5 Å². The van der Waals surface area contributed by atoms with Gasteiger partial charge >= 0.3 is 0 Å². The number of hydrogen-bond donors (Lipinski definition) is 1. The van der Waals surface area contributed by atoms with Crippen molar-refractivity contribution in [1.82, 2.24) is 24.8 Å². The number of nitrogens with zero attached hydrogens (tertiary/aromatic N) is 4. The minimum atomic E-state index is 0.331. The van der Waals surface area contributed by atoms with Crippen LogP contribution in [0.1, 0.15) is 50.5 Å². The van der Waals surface area contributed by atoms with Crippen LogP contribution in [0.5, 0.6) is 0 Å². The van der Waals surface area contributed by atoms with Gasteiger partial charge in [0.15, 0.2) is 0 Å². The standard InChI is InChI=1S/C15H23N5/c1-5-6-14-17-7-8-20(14)13-10-18-15(11(2)3)19-12(13)9-16-4/h7-8,10-11,16H,5-6,9H2,1-4H3. The normalized spacial score (nSPS) is 11.2. The number of nitrogens with one attached hydrogen (secondary N) is 1. The Labute approximate surface area is 120 Å². The van der Waals surface area contributed by atoms with E-state index in [1.54, 1.807) is 0 Å². The van der Waals surface area contributed by atoms with E-state index in [-0.39, 0.29) is 0 Å². The zero-order valence-electron chi connectivity index (χ0n) is 12.7. The summed E-state index contributed by atoms with van der Waals surface area (Å²) < 4.78 is 2.10. The molecule has 0 radical (unpaired) electrons. The SMILES string of the molecule is CCCc1nccn1-c1cnc(C(C)C)nc1CNC. The maximum atomic E-state index is 4.70. The van der Waals surface area contributed by atoms with Crippen LogP contribution in [-0.2, 0) is 13.0 Å². The van der Waals surface area contributed by atoms with Crippen molar-refractivity contribution in [2.75, 3.05) is 7.05 Å². The molecule has 108 valence electrons. The maximum absolute atomic E-state index is 4.70. The Balaban J connectivity index is 2.46. The Hall–Kier alpha value is -1.75. The quantitative estimate of drug-likeness (QED) is 0.878. The molecule has 5 heteroatoms. The molecule has 2 rings (SSSR count). The Bertz CT molecular complexity index is 559. The highest BCUT2D eigenvalue weighted by atomic mass is 15.1. The summed E-state index contributed by atoms with van der Waals surface area (Å²) in [6.07, 6.45) is 7.76. The first-order valence-corrected chi connectivity index (χ1v) is 7.20. The molecule has 2 aromatic rings. The third kappa shape index (κ3) is 3.04. The van der Waals surface area contributed by atoms with Gasteiger partial charge in [-0.1, -0.05) is 20.8 Å². The molecule has 0 aliphatic carbocycles. The summed E-state index contributed by atoms with van der Waals surface area (Å²) in [6.45, 7) is 7.10. The first kappa shape index (κ1) is 14.7. The van der Waals surface area contributed by atoms with E-state index < -0.39 is 0 Å². The first-order valence-electron chi connectivity index (χ1n) is 7.20. The fourth-order valence-electron chi connectivity index (χ4n) is 2.17. The molecule has 0 fully saturated rings. The molecule has 0 aliphatic rings. The number of imidazole rings is 1. The molecule has 5 nitrogen and oxygen atoms in total.